The summed E-state index contributed by atoms with van der Waals surface area (Å²) in [4.78, 5) is 36.7. The van der Waals surface area contributed by atoms with Crippen molar-refractivity contribution in [3.8, 4) is 0 Å². The molecule has 0 bridgehead atoms. The van der Waals surface area contributed by atoms with Crippen LogP contribution in [0.1, 0.15) is 12.0 Å². The fourth-order valence-corrected chi connectivity index (χ4v) is 3.18. The van der Waals surface area contributed by atoms with E-state index in [1.807, 2.05) is 6.92 Å². The summed E-state index contributed by atoms with van der Waals surface area (Å²) in [6, 6.07) is 9.05. The molecule has 0 aromatic heterocycles. The lowest BCUT2D eigenvalue weighted by molar-refractivity contribution is -0.384. The molecule has 1 aliphatic rings. The van der Waals surface area contributed by atoms with Crippen LogP contribution in [0.25, 0.3) is 0 Å². The highest BCUT2D eigenvalue weighted by molar-refractivity contribution is 6.34. The van der Waals surface area contributed by atoms with Crippen LogP contribution in [0.2, 0.25) is 10.0 Å². The Morgan fingerprint density at radius 2 is 1.96 bits per heavy atom. The van der Waals surface area contributed by atoms with Crippen molar-refractivity contribution in [2.75, 3.05) is 16.8 Å². The minimum absolute atomic E-state index is 0.0316. The van der Waals surface area contributed by atoms with Gasteiger partial charge in [-0.2, -0.15) is 0 Å². The Bertz CT molecular complexity index is 948. The van der Waals surface area contributed by atoms with Gasteiger partial charge in [0.05, 0.1) is 21.6 Å². The third kappa shape index (κ3) is 4.04. The van der Waals surface area contributed by atoms with Crippen LogP contribution in [0.15, 0.2) is 36.4 Å². The van der Waals surface area contributed by atoms with Gasteiger partial charge < -0.3 is 10.2 Å². The number of carbonyl (C=O) groups is 2. The normalized spacial score (nSPS) is 16.5. The predicted octanol–water partition coefficient (Wildman–Crippen LogP) is 4.20. The molecule has 0 unspecified atom stereocenters. The molecule has 140 valence electrons. The number of halogens is 2. The number of nitro benzene ring substituents is 1. The lowest BCUT2D eigenvalue weighted by Crippen LogP contribution is -2.28. The first kappa shape index (κ1) is 19.1. The molecule has 0 spiro atoms. The summed E-state index contributed by atoms with van der Waals surface area (Å²) in [5.41, 5.74) is 1.47. The van der Waals surface area contributed by atoms with Gasteiger partial charge in [0.25, 0.3) is 5.69 Å². The van der Waals surface area contributed by atoms with Crippen LogP contribution >= 0.6 is 23.2 Å². The molecule has 1 N–H and O–H groups in total. The SMILES string of the molecule is Cc1ccc(N2C[C@H](C(=O)Nc3cc([N+](=O)[O-])ccc3Cl)CC2=O)cc1Cl. The Morgan fingerprint density at radius 3 is 2.63 bits per heavy atom. The summed E-state index contributed by atoms with van der Waals surface area (Å²) in [5, 5.41) is 14.2. The van der Waals surface area contributed by atoms with Gasteiger partial charge in [-0.05, 0) is 30.7 Å². The highest BCUT2D eigenvalue weighted by Crippen LogP contribution is 2.31. The van der Waals surface area contributed by atoms with Gasteiger partial charge in [0.2, 0.25) is 11.8 Å². The number of nitro groups is 1. The number of benzene rings is 2. The van der Waals surface area contributed by atoms with E-state index >= 15 is 0 Å². The summed E-state index contributed by atoms with van der Waals surface area (Å²) in [5.74, 6) is -1.22. The molecule has 2 amide bonds. The number of nitrogens with zero attached hydrogens (tertiary/aromatic N) is 2. The second-order valence-electron chi connectivity index (χ2n) is 6.25. The van der Waals surface area contributed by atoms with E-state index < -0.39 is 16.7 Å². The second kappa shape index (κ2) is 7.54. The van der Waals surface area contributed by atoms with Gasteiger partial charge in [-0.25, -0.2) is 0 Å². The zero-order valence-corrected chi connectivity index (χ0v) is 15.8. The van der Waals surface area contributed by atoms with Crippen molar-refractivity contribution in [3.63, 3.8) is 0 Å². The third-order valence-corrected chi connectivity index (χ3v) is 5.12. The highest BCUT2D eigenvalue weighted by atomic mass is 35.5. The van der Waals surface area contributed by atoms with Crippen molar-refractivity contribution in [1.29, 1.82) is 0 Å². The standard InChI is InChI=1S/C18H15Cl2N3O4/c1-10-2-3-12(7-15(10)20)22-9-11(6-17(22)24)18(25)21-16-8-13(23(26)27)4-5-14(16)19/h2-5,7-8,11H,6,9H2,1H3,(H,21,25)/t11-/m1/s1. The van der Waals surface area contributed by atoms with Crippen LogP contribution in [0, 0.1) is 23.0 Å². The van der Waals surface area contributed by atoms with Crippen molar-refractivity contribution >= 4 is 52.1 Å². The van der Waals surface area contributed by atoms with Crippen molar-refractivity contribution in [2.45, 2.75) is 13.3 Å². The molecule has 0 aliphatic carbocycles. The van der Waals surface area contributed by atoms with Crippen LogP contribution in [0.5, 0.6) is 0 Å². The maximum Gasteiger partial charge on any atom is 0.271 e. The van der Waals surface area contributed by atoms with Crippen molar-refractivity contribution in [3.05, 3.63) is 62.1 Å². The average Bonchev–Trinajstić information content (AvgIpc) is 3.01. The molecule has 0 radical (unpaired) electrons. The number of hydrogen-bond acceptors (Lipinski definition) is 4. The number of hydrogen-bond donors (Lipinski definition) is 1. The Morgan fingerprint density at radius 1 is 1.22 bits per heavy atom. The first-order valence-electron chi connectivity index (χ1n) is 8.07. The first-order chi connectivity index (χ1) is 12.8. The lowest BCUT2D eigenvalue weighted by Gasteiger charge is -2.17. The van der Waals surface area contributed by atoms with E-state index in [0.29, 0.717) is 10.7 Å². The first-order valence-corrected chi connectivity index (χ1v) is 8.83. The number of carbonyl (C=O) groups excluding carboxylic acids is 2. The molecule has 1 heterocycles. The van der Waals surface area contributed by atoms with Crippen LogP contribution in [0.3, 0.4) is 0 Å². The smallest absolute Gasteiger partial charge is 0.271 e. The van der Waals surface area contributed by atoms with E-state index in [-0.39, 0.29) is 35.3 Å². The molecule has 1 fully saturated rings. The average molecular weight is 408 g/mol. The second-order valence-corrected chi connectivity index (χ2v) is 7.06. The van der Waals surface area contributed by atoms with E-state index in [2.05, 4.69) is 5.32 Å². The van der Waals surface area contributed by atoms with E-state index in [1.54, 1.807) is 18.2 Å². The summed E-state index contributed by atoms with van der Waals surface area (Å²) in [7, 11) is 0. The van der Waals surface area contributed by atoms with Gasteiger partial charge in [0.15, 0.2) is 0 Å². The summed E-state index contributed by atoms with van der Waals surface area (Å²) in [6.07, 6.45) is 0.0316. The molecule has 1 aliphatic heterocycles. The van der Waals surface area contributed by atoms with Crippen LogP contribution in [-0.2, 0) is 9.59 Å². The predicted molar refractivity (Wildman–Crippen MR) is 103 cm³/mol. The number of rotatable bonds is 4. The van der Waals surface area contributed by atoms with Crippen LogP contribution in [-0.4, -0.2) is 23.3 Å². The zero-order chi connectivity index (χ0) is 19.7. The fourth-order valence-electron chi connectivity index (χ4n) is 2.84. The van der Waals surface area contributed by atoms with E-state index in [9.17, 15) is 19.7 Å². The highest BCUT2D eigenvalue weighted by Gasteiger charge is 2.35. The molecular weight excluding hydrogens is 393 g/mol. The quantitative estimate of drug-likeness (QED) is 0.606. The Kier molecular flexibility index (Phi) is 5.34. The Labute approximate surface area is 165 Å². The molecule has 9 heteroatoms. The van der Waals surface area contributed by atoms with Crippen molar-refractivity contribution in [2.24, 2.45) is 5.92 Å². The molecule has 7 nitrogen and oxygen atoms in total. The molecule has 0 saturated carbocycles. The van der Waals surface area contributed by atoms with Gasteiger partial charge in [0.1, 0.15) is 0 Å². The summed E-state index contributed by atoms with van der Waals surface area (Å²) < 4.78 is 0. The Hall–Kier alpha value is -2.64. The molecule has 1 atom stereocenters. The lowest BCUT2D eigenvalue weighted by atomic mass is 10.1. The van der Waals surface area contributed by atoms with Gasteiger partial charge in [-0.15, -0.1) is 0 Å². The Balaban J connectivity index is 1.75. The number of nitrogens with one attached hydrogen (secondary N) is 1. The topological polar surface area (TPSA) is 92.6 Å². The van der Waals surface area contributed by atoms with Crippen molar-refractivity contribution < 1.29 is 14.5 Å². The molecule has 27 heavy (non-hydrogen) atoms. The number of non-ortho nitro benzene ring substituents is 1. The number of anilines is 2. The van der Waals surface area contributed by atoms with E-state index in [4.69, 9.17) is 23.2 Å². The van der Waals surface area contributed by atoms with Gasteiger partial charge >= 0.3 is 0 Å². The van der Waals surface area contributed by atoms with Crippen molar-refractivity contribution in [1.82, 2.24) is 0 Å². The van der Waals surface area contributed by atoms with E-state index in [1.165, 1.54) is 23.1 Å². The largest absolute Gasteiger partial charge is 0.324 e. The van der Waals surface area contributed by atoms with E-state index in [0.717, 1.165) is 5.56 Å². The molecule has 3 rings (SSSR count). The summed E-state index contributed by atoms with van der Waals surface area (Å²) in [6.45, 7) is 2.05. The third-order valence-electron chi connectivity index (χ3n) is 4.38. The maximum atomic E-state index is 12.5. The minimum Gasteiger partial charge on any atom is -0.324 e. The molecule has 1 saturated heterocycles. The zero-order valence-electron chi connectivity index (χ0n) is 14.2. The number of aryl methyl sites for hydroxylation is 1. The molecule has 2 aromatic carbocycles. The van der Waals surface area contributed by atoms with Gasteiger partial charge in [-0.1, -0.05) is 29.3 Å². The van der Waals surface area contributed by atoms with Gasteiger partial charge in [0, 0.05) is 35.8 Å². The van der Waals surface area contributed by atoms with Crippen LogP contribution in [0.4, 0.5) is 17.1 Å². The number of amides is 2. The van der Waals surface area contributed by atoms with Crippen LogP contribution < -0.4 is 10.2 Å². The van der Waals surface area contributed by atoms with Gasteiger partial charge in [-0.3, -0.25) is 19.7 Å². The minimum atomic E-state index is -0.604. The molecular formula is C18H15Cl2N3O4. The molecule has 2 aromatic rings. The monoisotopic (exact) mass is 407 g/mol. The fraction of sp³-hybridized carbons (Fsp3) is 0.222. The summed E-state index contributed by atoms with van der Waals surface area (Å²) >= 11 is 12.1. The maximum absolute atomic E-state index is 12.5.